The van der Waals surface area contributed by atoms with Crippen LogP contribution in [0.2, 0.25) is 10.0 Å². The average Bonchev–Trinajstić information content (AvgIpc) is 2.25. The highest BCUT2D eigenvalue weighted by atomic mass is 35.5. The monoisotopic (exact) mass is 322 g/mol. The lowest BCUT2D eigenvalue weighted by molar-refractivity contribution is 0.483. The van der Waals surface area contributed by atoms with E-state index in [0.717, 1.165) is 0 Å². The van der Waals surface area contributed by atoms with E-state index < -0.39 is 16.1 Å². The van der Waals surface area contributed by atoms with Crippen molar-refractivity contribution in [3.05, 3.63) is 28.2 Å². The van der Waals surface area contributed by atoms with Crippen LogP contribution in [0.3, 0.4) is 0 Å². The molecule has 1 N–H and O–H groups in total. The predicted octanol–water partition coefficient (Wildman–Crippen LogP) is 2.80. The Morgan fingerprint density at radius 3 is 2.16 bits per heavy atom. The third kappa shape index (κ3) is 5.10. The number of sulfonamides is 1. The number of hydrogen-bond acceptors (Lipinski definition) is 3. The van der Waals surface area contributed by atoms with Crippen molar-refractivity contribution in [2.75, 3.05) is 0 Å². The summed E-state index contributed by atoms with van der Waals surface area (Å²) < 4.78 is 26.4. The number of halogens is 2. The molecular weight excluding hydrogens is 309 g/mol. The molecule has 4 nitrogen and oxygen atoms in total. The second kappa shape index (κ2) is 6.70. The van der Waals surface area contributed by atoms with Crippen molar-refractivity contribution in [1.29, 1.82) is 0 Å². The number of benzene rings is 1. The van der Waals surface area contributed by atoms with Crippen molar-refractivity contribution in [1.82, 2.24) is 4.72 Å². The van der Waals surface area contributed by atoms with E-state index in [4.69, 9.17) is 23.2 Å². The Morgan fingerprint density at radius 2 is 1.74 bits per heavy atom. The first-order valence-corrected chi connectivity index (χ1v) is 7.84. The van der Waals surface area contributed by atoms with Gasteiger partial charge >= 0.3 is 0 Å². The van der Waals surface area contributed by atoms with Gasteiger partial charge in [0, 0.05) is 10.0 Å². The molecule has 0 bridgehead atoms. The van der Waals surface area contributed by atoms with Crippen LogP contribution in [0.25, 0.3) is 0 Å². The highest BCUT2D eigenvalue weighted by molar-refractivity contribution is 7.89. The summed E-state index contributed by atoms with van der Waals surface area (Å²) in [6.45, 7) is 3.77. The molecular formula is C12H14Cl2NO3S. The van der Waals surface area contributed by atoms with Gasteiger partial charge in [0.2, 0.25) is 16.3 Å². The lowest BCUT2D eigenvalue weighted by Gasteiger charge is -2.14. The second-order valence-corrected chi connectivity index (χ2v) is 7.11. The Morgan fingerprint density at radius 1 is 1.21 bits per heavy atom. The molecule has 0 spiro atoms. The molecule has 0 heterocycles. The third-order valence-corrected chi connectivity index (χ3v) is 4.18. The van der Waals surface area contributed by atoms with Gasteiger partial charge in [-0.25, -0.2) is 13.1 Å². The van der Waals surface area contributed by atoms with Gasteiger partial charge in [-0.15, -0.1) is 0 Å². The van der Waals surface area contributed by atoms with Gasteiger partial charge in [0.1, 0.15) is 0 Å². The Kier molecular flexibility index (Phi) is 5.80. The maximum absolute atomic E-state index is 12.1. The molecule has 0 unspecified atom stereocenters. The Balaban J connectivity index is 3.00. The van der Waals surface area contributed by atoms with Gasteiger partial charge in [0.25, 0.3) is 0 Å². The molecule has 0 aromatic heterocycles. The van der Waals surface area contributed by atoms with Gasteiger partial charge < -0.3 is 0 Å². The fourth-order valence-corrected chi connectivity index (χ4v) is 3.41. The van der Waals surface area contributed by atoms with E-state index in [0.29, 0.717) is 6.42 Å². The third-order valence-electron chi connectivity index (χ3n) is 2.29. The summed E-state index contributed by atoms with van der Waals surface area (Å²) in [5.41, 5.74) is 0. The minimum absolute atomic E-state index is 0.0750. The van der Waals surface area contributed by atoms with Gasteiger partial charge in [-0.05, 0) is 30.5 Å². The largest absolute Gasteiger partial charge is 0.289 e. The van der Waals surface area contributed by atoms with E-state index in [1.54, 1.807) is 6.29 Å². The fraction of sp³-hybridized carbons (Fsp3) is 0.417. The van der Waals surface area contributed by atoms with Crippen LogP contribution in [0.5, 0.6) is 0 Å². The van der Waals surface area contributed by atoms with E-state index in [9.17, 15) is 13.2 Å². The van der Waals surface area contributed by atoms with Crippen LogP contribution in [-0.2, 0) is 14.8 Å². The lowest BCUT2D eigenvalue weighted by Crippen LogP contribution is -2.36. The molecule has 1 rings (SSSR count). The molecule has 0 aliphatic heterocycles. The minimum Gasteiger partial charge on any atom is -0.289 e. The maximum Gasteiger partial charge on any atom is 0.241 e. The zero-order valence-electron chi connectivity index (χ0n) is 10.5. The Bertz CT molecular complexity index is 538. The summed E-state index contributed by atoms with van der Waals surface area (Å²) in [5, 5.41) is 0.423. The molecule has 7 heteroatoms. The van der Waals surface area contributed by atoms with E-state index in [1.165, 1.54) is 18.2 Å². The summed E-state index contributed by atoms with van der Waals surface area (Å²) >= 11 is 11.5. The molecule has 0 saturated heterocycles. The zero-order valence-corrected chi connectivity index (χ0v) is 12.8. The van der Waals surface area contributed by atoms with Crippen LogP contribution in [0.4, 0.5) is 0 Å². The summed E-state index contributed by atoms with van der Waals surface area (Å²) in [4.78, 5) is 10.7. The first-order chi connectivity index (χ1) is 8.74. The molecule has 1 aromatic rings. The fourth-order valence-electron chi connectivity index (χ4n) is 1.53. The summed E-state index contributed by atoms with van der Waals surface area (Å²) in [5.74, 6) is 0.164. The quantitative estimate of drug-likeness (QED) is 0.875. The van der Waals surface area contributed by atoms with Crippen LogP contribution in [-0.4, -0.2) is 20.7 Å². The van der Waals surface area contributed by atoms with Gasteiger partial charge in [0.15, 0.2) is 0 Å². The molecule has 0 aliphatic carbocycles. The van der Waals surface area contributed by atoms with Gasteiger partial charge in [-0.1, -0.05) is 37.0 Å². The van der Waals surface area contributed by atoms with E-state index >= 15 is 0 Å². The van der Waals surface area contributed by atoms with Crippen molar-refractivity contribution in [3.63, 3.8) is 0 Å². The minimum atomic E-state index is -3.84. The zero-order chi connectivity index (χ0) is 14.6. The second-order valence-electron chi connectivity index (χ2n) is 4.53. The van der Waals surface area contributed by atoms with E-state index in [-0.39, 0.29) is 20.9 Å². The topological polar surface area (TPSA) is 63.2 Å². The number of rotatable bonds is 6. The van der Waals surface area contributed by atoms with Crippen LogP contribution in [0, 0.1) is 5.92 Å². The van der Waals surface area contributed by atoms with Crippen molar-refractivity contribution < 1.29 is 13.2 Å². The highest BCUT2D eigenvalue weighted by Crippen LogP contribution is 2.22. The van der Waals surface area contributed by atoms with Crippen molar-refractivity contribution in [2.45, 2.75) is 31.2 Å². The normalized spacial score (nSPS) is 13.5. The SMILES string of the molecule is CC(C)C[C@@H]([C]=O)NS(=O)(=O)c1cc(Cl)cc(Cl)c1. The Hall–Kier alpha value is -0.620. The average molecular weight is 323 g/mol. The molecule has 105 valence electrons. The number of nitrogens with one attached hydrogen (secondary N) is 1. The van der Waals surface area contributed by atoms with Crippen molar-refractivity contribution in [3.8, 4) is 0 Å². The summed E-state index contributed by atoms with van der Waals surface area (Å²) in [7, 11) is -3.84. The van der Waals surface area contributed by atoms with Crippen LogP contribution >= 0.6 is 23.2 Å². The van der Waals surface area contributed by atoms with Crippen molar-refractivity contribution >= 4 is 39.5 Å². The van der Waals surface area contributed by atoms with E-state index in [1.807, 2.05) is 13.8 Å². The number of hydrogen-bond donors (Lipinski definition) is 1. The molecule has 19 heavy (non-hydrogen) atoms. The predicted molar refractivity (Wildman–Crippen MR) is 75.7 cm³/mol. The van der Waals surface area contributed by atoms with Gasteiger partial charge in [-0.2, -0.15) is 0 Å². The smallest absolute Gasteiger partial charge is 0.241 e. The Labute approximate surface area is 123 Å². The molecule has 1 aromatic carbocycles. The van der Waals surface area contributed by atoms with Crippen LogP contribution in [0.1, 0.15) is 20.3 Å². The first kappa shape index (κ1) is 16.4. The molecule has 0 aliphatic rings. The van der Waals surface area contributed by atoms with Crippen LogP contribution in [0.15, 0.2) is 23.1 Å². The first-order valence-electron chi connectivity index (χ1n) is 5.60. The lowest BCUT2D eigenvalue weighted by atomic mass is 10.1. The van der Waals surface area contributed by atoms with Gasteiger partial charge in [0.05, 0.1) is 10.9 Å². The van der Waals surface area contributed by atoms with Gasteiger partial charge in [-0.3, -0.25) is 4.79 Å². The molecule has 1 radical (unpaired) electrons. The highest BCUT2D eigenvalue weighted by Gasteiger charge is 2.21. The van der Waals surface area contributed by atoms with Crippen LogP contribution < -0.4 is 4.72 Å². The van der Waals surface area contributed by atoms with E-state index in [2.05, 4.69) is 4.72 Å². The van der Waals surface area contributed by atoms with Crippen molar-refractivity contribution in [2.24, 2.45) is 5.92 Å². The number of carbonyl (C=O) groups excluding carboxylic acids is 1. The maximum atomic E-state index is 12.1. The molecule has 1 atom stereocenters. The molecule has 0 saturated carbocycles. The standard InChI is InChI=1S/C12H14Cl2NO3S/c1-8(2)3-11(7-16)15-19(17,18)12-5-9(13)4-10(14)6-12/h4-6,8,11,15H,3H2,1-2H3/t11-/m0/s1. The molecule has 0 amide bonds. The summed E-state index contributed by atoms with van der Waals surface area (Å²) in [6.07, 6.45) is 2.05. The summed E-state index contributed by atoms with van der Waals surface area (Å²) in [6, 6.07) is 3.09. The molecule has 0 fully saturated rings.